The highest BCUT2D eigenvalue weighted by molar-refractivity contribution is 6.31. The predicted octanol–water partition coefficient (Wildman–Crippen LogP) is 2.65. The zero-order valence-electron chi connectivity index (χ0n) is 19.5. The molecule has 0 aliphatic carbocycles. The number of hydrogen-bond acceptors (Lipinski definition) is 5. The molecule has 2 amide bonds. The van der Waals surface area contributed by atoms with Crippen LogP contribution < -0.4 is 15.0 Å². The minimum Gasteiger partial charge on any atom is -0.489 e. The summed E-state index contributed by atoms with van der Waals surface area (Å²) in [5.74, 6) is 0.230. The monoisotopic (exact) mass is 491 g/mol. The summed E-state index contributed by atoms with van der Waals surface area (Å²) in [6.07, 6.45) is 1.46. The van der Waals surface area contributed by atoms with E-state index in [1.165, 1.54) is 11.1 Å². The molecule has 8 nitrogen and oxygen atoms in total. The molecule has 3 aromatic rings. The molecule has 0 saturated heterocycles. The van der Waals surface area contributed by atoms with Crippen molar-refractivity contribution >= 4 is 29.1 Å². The van der Waals surface area contributed by atoms with E-state index >= 15 is 0 Å². The van der Waals surface area contributed by atoms with Crippen molar-refractivity contribution in [2.75, 3.05) is 31.6 Å². The molecule has 2 aromatic carbocycles. The van der Waals surface area contributed by atoms with E-state index in [0.29, 0.717) is 36.1 Å². The van der Waals surface area contributed by atoms with Crippen LogP contribution in [-0.4, -0.2) is 59.3 Å². The summed E-state index contributed by atoms with van der Waals surface area (Å²) < 4.78 is 7.80. The highest BCUT2D eigenvalue weighted by Crippen LogP contribution is 2.36. The lowest BCUT2D eigenvalue weighted by atomic mass is 9.99. The molecule has 0 unspecified atom stereocenters. The molecular formula is C26H26ClN5O3. The second kappa shape index (κ2) is 8.70. The number of halogens is 1. The molecule has 4 heterocycles. The van der Waals surface area contributed by atoms with Gasteiger partial charge in [0.1, 0.15) is 23.6 Å². The third-order valence-corrected chi connectivity index (χ3v) is 7.56. The number of nitrogens with one attached hydrogen (secondary N) is 1. The lowest BCUT2D eigenvalue weighted by molar-refractivity contribution is -0.123. The summed E-state index contributed by atoms with van der Waals surface area (Å²) in [7, 11) is 1.75. The van der Waals surface area contributed by atoms with E-state index in [0.717, 1.165) is 36.3 Å². The van der Waals surface area contributed by atoms with Crippen LogP contribution in [0.3, 0.4) is 0 Å². The predicted molar refractivity (Wildman–Crippen MR) is 132 cm³/mol. The van der Waals surface area contributed by atoms with Gasteiger partial charge in [-0.2, -0.15) is 5.10 Å². The smallest absolute Gasteiger partial charge is 0.275 e. The number of likely N-dealkylation sites (N-methyl/N-ethyl adjacent to an activating group) is 1. The van der Waals surface area contributed by atoms with Crippen LogP contribution in [-0.2, 0) is 30.7 Å². The van der Waals surface area contributed by atoms with Crippen molar-refractivity contribution in [3.8, 4) is 5.75 Å². The molecule has 0 spiro atoms. The molecule has 35 heavy (non-hydrogen) atoms. The molecule has 0 fully saturated rings. The first-order valence-electron chi connectivity index (χ1n) is 11.9. The Balaban J connectivity index is 1.27. The Kier molecular flexibility index (Phi) is 5.50. The molecule has 6 rings (SSSR count). The maximum Gasteiger partial charge on any atom is 0.275 e. The molecule has 0 radical (unpaired) electrons. The fraction of sp³-hybridized carbons (Fsp3) is 0.346. The van der Waals surface area contributed by atoms with Crippen molar-refractivity contribution < 1.29 is 14.3 Å². The van der Waals surface area contributed by atoms with E-state index in [-0.39, 0.29) is 18.4 Å². The number of carbonyl (C=O) groups is 2. The molecule has 1 N–H and O–H groups in total. The van der Waals surface area contributed by atoms with E-state index in [9.17, 15) is 9.59 Å². The average Bonchev–Trinajstić information content (AvgIpc) is 3.14. The topological polar surface area (TPSA) is 79.7 Å². The van der Waals surface area contributed by atoms with Crippen molar-refractivity contribution in [1.82, 2.24) is 20.0 Å². The molecule has 9 heteroatoms. The fourth-order valence-corrected chi connectivity index (χ4v) is 5.46. The van der Waals surface area contributed by atoms with Gasteiger partial charge in [-0.25, -0.2) is 4.68 Å². The van der Waals surface area contributed by atoms with E-state index in [4.69, 9.17) is 16.3 Å². The Morgan fingerprint density at radius 1 is 1.14 bits per heavy atom. The van der Waals surface area contributed by atoms with Gasteiger partial charge in [-0.15, -0.1) is 0 Å². The van der Waals surface area contributed by atoms with Crippen LogP contribution in [0.2, 0.25) is 5.15 Å². The average molecular weight is 492 g/mol. The Labute approximate surface area is 208 Å². The summed E-state index contributed by atoms with van der Waals surface area (Å²) in [6, 6.07) is 13.2. The Hall–Kier alpha value is -3.36. The van der Waals surface area contributed by atoms with Gasteiger partial charge in [0, 0.05) is 25.7 Å². The van der Waals surface area contributed by atoms with Crippen LogP contribution >= 0.6 is 11.6 Å². The molecule has 1 atom stereocenters. The number of hydrogen-bond donors (Lipinski definition) is 1. The van der Waals surface area contributed by atoms with Gasteiger partial charge in [-0.05, 0) is 48.2 Å². The Morgan fingerprint density at radius 3 is 2.80 bits per heavy atom. The molecule has 1 aromatic heterocycles. The standard InChI is InChI=1S/C26H26ClN5O3/c1-30-20-11-18-13-28-9-7-17(18)12-22(20)35-15-21(25(30)33)31-10-8-19-23(26(31)34)29-32(24(19)27)14-16-5-3-2-4-6-16/h2-6,11-12,21,28H,7-10,13-15H2,1H3/t21-/m0/s1. The first-order valence-corrected chi connectivity index (χ1v) is 12.3. The molecule has 3 aliphatic rings. The first kappa shape index (κ1) is 22.1. The number of aromatic nitrogens is 2. The number of amides is 2. The van der Waals surface area contributed by atoms with Crippen LogP contribution in [0, 0.1) is 0 Å². The number of anilines is 1. The van der Waals surface area contributed by atoms with Gasteiger partial charge >= 0.3 is 0 Å². The number of carbonyl (C=O) groups excluding carboxylic acids is 2. The minimum absolute atomic E-state index is 0.104. The zero-order valence-corrected chi connectivity index (χ0v) is 20.2. The molecule has 0 bridgehead atoms. The minimum atomic E-state index is -0.735. The van der Waals surface area contributed by atoms with Crippen molar-refractivity contribution in [3.63, 3.8) is 0 Å². The van der Waals surface area contributed by atoms with E-state index in [2.05, 4.69) is 10.4 Å². The van der Waals surface area contributed by atoms with Crippen molar-refractivity contribution in [2.24, 2.45) is 0 Å². The van der Waals surface area contributed by atoms with Gasteiger partial charge in [-0.3, -0.25) is 9.59 Å². The normalized spacial score (nSPS) is 19.5. The summed E-state index contributed by atoms with van der Waals surface area (Å²) in [5, 5.41) is 8.40. The number of fused-ring (bicyclic) bond motifs is 3. The maximum atomic E-state index is 13.5. The molecular weight excluding hydrogens is 466 g/mol. The van der Waals surface area contributed by atoms with Gasteiger partial charge in [0.05, 0.1) is 12.2 Å². The van der Waals surface area contributed by atoms with Crippen LogP contribution in [0.25, 0.3) is 0 Å². The van der Waals surface area contributed by atoms with Gasteiger partial charge < -0.3 is 19.9 Å². The highest BCUT2D eigenvalue weighted by atomic mass is 35.5. The summed E-state index contributed by atoms with van der Waals surface area (Å²) in [6.45, 7) is 2.66. The van der Waals surface area contributed by atoms with Gasteiger partial charge in [-0.1, -0.05) is 41.9 Å². The third-order valence-electron chi connectivity index (χ3n) is 7.14. The lowest BCUT2D eigenvalue weighted by Gasteiger charge is -2.33. The van der Waals surface area contributed by atoms with Crippen molar-refractivity contribution in [1.29, 1.82) is 0 Å². The second-order valence-electron chi connectivity index (χ2n) is 9.25. The second-order valence-corrected chi connectivity index (χ2v) is 9.61. The van der Waals surface area contributed by atoms with Crippen LogP contribution in [0.15, 0.2) is 42.5 Å². The molecule has 180 valence electrons. The van der Waals surface area contributed by atoms with E-state index in [1.807, 2.05) is 42.5 Å². The Bertz CT molecular complexity index is 1320. The molecule has 0 saturated carbocycles. The van der Waals surface area contributed by atoms with Gasteiger partial charge in [0.25, 0.3) is 11.8 Å². The van der Waals surface area contributed by atoms with E-state index < -0.39 is 6.04 Å². The molecule has 3 aliphatic heterocycles. The maximum absolute atomic E-state index is 13.5. The quantitative estimate of drug-likeness (QED) is 0.609. The number of rotatable bonds is 3. The van der Waals surface area contributed by atoms with Crippen LogP contribution in [0.1, 0.15) is 32.7 Å². The van der Waals surface area contributed by atoms with E-state index in [1.54, 1.807) is 21.5 Å². The van der Waals surface area contributed by atoms with Crippen molar-refractivity contribution in [3.05, 3.63) is 75.6 Å². The number of nitrogens with zero attached hydrogens (tertiary/aromatic N) is 4. The number of benzene rings is 2. The third kappa shape index (κ3) is 3.77. The summed E-state index contributed by atoms with van der Waals surface area (Å²) >= 11 is 6.62. The fourth-order valence-electron chi connectivity index (χ4n) is 5.18. The van der Waals surface area contributed by atoms with Gasteiger partial charge in [0.2, 0.25) is 0 Å². The summed E-state index contributed by atoms with van der Waals surface area (Å²) in [5.41, 5.74) is 5.25. The SMILES string of the molecule is CN1C(=O)[C@@H](N2CCc3c(nn(Cc4ccccc4)c3Cl)C2=O)COc2cc3c(cc21)CNCC3. The first-order chi connectivity index (χ1) is 17.0. The van der Waals surface area contributed by atoms with Crippen LogP contribution in [0.4, 0.5) is 5.69 Å². The Morgan fingerprint density at radius 2 is 1.97 bits per heavy atom. The largest absolute Gasteiger partial charge is 0.489 e. The lowest BCUT2D eigenvalue weighted by Crippen LogP contribution is -2.54. The number of ether oxygens (including phenoxy) is 1. The zero-order chi connectivity index (χ0) is 24.1. The highest BCUT2D eigenvalue weighted by Gasteiger charge is 2.41. The van der Waals surface area contributed by atoms with Gasteiger partial charge in [0.15, 0.2) is 5.69 Å². The van der Waals surface area contributed by atoms with Crippen molar-refractivity contribution in [2.45, 2.75) is 32.0 Å². The van der Waals surface area contributed by atoms with Crippen LogP contribution in [0.5, 0.6) is 5.75 Å². The summed E-state index contributed by atoms with van der Waals surface area (Å²) in [4.78, 5) is 30.3.